The summed E-state index contributed by atoms with van der Waals surface area (Å²) in [5, 5.41) is 5.80. The number of halogens is 2. The average Bonchev–Trinajstić information content (AvgIpc) is 2.68. The van der Waals surface area contributed by atoms with Crippen LogP contribution in [-0.4, -0.2) is 16.4 Å². The number of benzene rings is 1. The molecule has 0 saturated carbocycles. The highest BCUT2D eigenvalue weighted by Crippen LogP contribution is 2.30. The Morgan fingerprint density at radius 3 is 3.06 bits per heavy atom. The molecule has 0 amide bonds. The summed E-state index contributed by atoms with van der Waals surface area (Å²) in [6, 6.07) is 6.27. The highest BCUT2D eigenvalue weighted by Gasteiger charge is 2.20. The Morgan fingerprint density at radius 2 is 2.29 bits per heavy atom. The van der Waals surface area contributed by atoms with Crippen molar-refractivity contribution in [3.63, 3.8) is 0 Å². The van der Waals surface area contributed by atoms with Gasteiger partial charge in [-0.3, -0.25) is 0 Å². The lowest BCUT2D eigenvalue weighted by molar-refractivity contribution is -0.0368. The van der Waals surface area contributed by atoms with Crippen molar-refractivity contribution in [1.82, 2.24) is 9.78 Å². The molecule has 0 spiro atoms. The van der Waals surface area contributed by atoms with Gasteiger partial charge in [0.25, 0.3) is 0 Å². The first kappa shape index (κ1) is 11.9. The molecule has 1 aliphatic rings. The summed E-state index contributed by atoms with van der Waals surface area (Å²) in [6.07, 6.45) is 3.55. The minimum atomic E-state index is 0.107. The maximum atomic E-state index is 5.80. The lowest BCUT2D eigenvalue weighted by Crippen LogP contribution is -2.19. The van der Waals surface area contributed by atoms with E-state index in [0.717, 1.165) is 26.7 Å². The van der Waals surface area contributed by atoms with Crippen molar-refractivity contribution in [2.75, 3.05) is 6.61 Å². The average molecular weight is 407 g/mol. The Kier molecular flexibility index (Phi) is 3.40. The minimum absolute atomic E-state index is 0.107. The zero-order chi connectivity index (χ0) is 11.8. The van der Waals surface area contributed by atoms with Crippen LogP contribution in [0.3, 0.4) is 0 Å². The summed E-state index contributed by atoms with van der Waals surface area (Å²) >= 11 is 5.78. The van der Waals surface area contributed by atoms with E-state index in [1.807, 2.05) is 4.68 Å². The molecule has 3 rings (SSSR count). The predicted molar refractivity (Wildman–Crippen MR) is 79.0 cm³/mol. The van der Waals surface area contributed by atoms with Crippen LogP contribution in [0.2, 0.25) is 0 Å². The molecule has 17 heavy (non-hydrogen) atoms. The molecule has 0 N–H and O–H groups in total. The van der Waals surface area contributed by atoms with Gasteiger partial charge < -0.3 is 4.74 Å². The molecule has 3 nitrogen and oxygen atoms in total. The van der Waals surface area contributed by atoms with Crippen LogP contribution >= 0.6 is 38.5 Å². The molecule has 2 aromatic rings. The van der Waals surface area contributed by atoms with E-state index in [1.165, 1.54) is 18.2 Å². The first-order chi connectivity index (χ1) is 8.25. The van der Waals surface area contributed by atoms with E-state index in [1.54, 1.807) is 0 Å². The Morgan fingerprint density at radius 1 is 1.41 bits per heavy atom. The molecule has 1 atom stereocenters. The van der Waals surface area contributed by atoms with Gasteiger partial charge in [-0.15, -0.1) is 0 Å². The second kappa shape index (κ2) is 4.85. The molecule has 0 bridgehead atoms. The van der Waals surface area contributed by atoms with Gasteiger partial charge >= 0.3 is 0 Å². The third kappa shape index (κ3) is 2.24. The van der Waals surface area contributed by atoms with Gasteiger partial charge in [-0.1, -0.05) is 15.9 Å². The molecule has 1 aromatic heterocycles. The lowest BCUT2D eigenvalue weighted by Gasteiger charge is -2.23. The molecule has 2 heterocycles. The van der Waals surface area contributed by atoms with Gasteiger partial charge in [0.1, 0.15) is 3.70 Å². The van der Waals surface area contributed by atoms with Crippen LogP contribution in [0.1, 0.15) is 25.5 Å². The van der Waals surface area contributed by atoms with Gasteiger partial charge in [0, 0.05) is 16.5 Å². The third-order valence-electron chi connectivity index (χ3n) is 3.05. The third-order valence-corrected chi connectivity index (χ3v) is 4.34. The zero-order valence-corrected chi connectivity index (χ0v) is 12.9. The van der Waals surface area contributed by atoms with E-state index < -0.39 is 0 Å². The summed E-state index contributed by atoms with van der Waals surface area (Å²) in [6.45, 7) is 0.846. The van der Waals surface area contributed by atoms with Gasteiger partial charge in [0.05, 0.1) is 5.52 Å². The summed E-state index contributed by atoms with van der Waals surface area (Å²) in [5.74, 6) is 0. The fourth-order valence-corrected chi connectivity index (χ4v) is 3.24. The van der Waals surface area contributed by atoms with E-state index in [4.69, 9.17) is 4.74 Å². The van der Waals surface area contributed by atoms with E-state index in [-0.39, 0.29) is 6.23 Å². The molecule has 5 heteroatoms. The van der Waals surface area contributed by atoms with Gasteiger partial charge in [0.2, 0.25) is 0 Å². The largest absolute Gasteiger partial charge is 0.356 e. The van der Waals surface area contributed by atoms with Crippen molar-refractivity contribution in [3.05, 3.63) is 26.4 Å². The summed E-state index contributed by atoms with van der Waals surface area (Å²) in [5.41, 5.74) is 1.16. The SMILES string of the molecule is Brc1ccc2c(c1)c(I)nn2[C@@H]1CCCCO1. The van der Waals surface area contributed by atoms with Crippen molar-refractivity contribution in [2.45, 2.75) is 25.5 Å². The van der Waals surface area contributed by atoms with E-state index >= 15 is 0 Å². The zero-order valence-electron chi connectivity index (χ0n) is 9.20. The molecule has 1 saturated heterocycles. The van der Waals surface area contributed by atoms with E-state index in [2.05, 4.69) is 61.8 Å². The molecule has 0 aliphatic carbocycles. The number of rotatable bonds is 1. The number of ether oxygens (including phenoxy) is 1. The molecular formula is C12H12BrIN2O. The van der Waals surface area contributed by atoms with Gasteiger partial charge in [-0.05, 0) is 60.1 Å². The van der Waals surface area contributed by atoms with Crippen molar-refractivity contribution < 1.29 is 4.74 Å². The number of hydrogen-bond donors (Lipinski definition) is 0. The summed E-state index contributed by atoms with van der Waals surface area (Å²) in [4.78, 5) is 0. The van der Waals surface area contributed by atoms with Gasteiger partial charge in [-0.2, -0.15) is 5.10 Å². The Hall–Kier alpha value is -0.140. The first-order valence-corrected chi connectivity index (χ1v) is 7.58. The first-order valence-electron chi connectivity index (χ1n) is 5.70. The summed E-state index contributed by atoms with van der Waals surface area (Å²) in [7, 11) is 0. The Bertz CT molecular complexity index is 549. The van der Waals surface area contributed by atoms with Crippen LogP contribution in [0.25, 0.3) is 10.9 Å². The van der Waals surface area contributed by atoms with Crippen molar-refractivity contribution in [1.29, 1.82) is 0 Å². The highest BCUT2D eigenvalue weighted by molar-refractivity contribution is 14.1. The molecule has 0 radical (unpaired) electrons. The lowest BCUT2D eigenvalue weighted by atomic mass is 10.2. The summed E-state index contributed by atoms with van der Waals surface area (Å²) < 4.78 is 9.96. The van der Waals surface area contributed by atoms with Crippen LogP contribution in [0, 0.1) is 3.70 Å². The smallest absolute Gasteiger partial charge is 0.150 e. The van der Waals surface area contributed by atoms with Crippen LogP contribution in [-0.2, 0) is 4.74 Å². The second-order valence-corrected chi connectivity index (χ2v) is 6.16. The maximum absolute atomic E-state index is 5.80. The normalized spacial score (nSPS) is 20.9. The molecule has 1 fully saturated rings. The fraction of sp³-hybridized carbons (Fsp3) is 0.417. The van der Waals surface area contributed by atoms with Crippen LogP contribution in [0.5, 0.6) is 0 Å². The number of fused-ring (bicyclic) bond motifs is 1. The molecule has 0 unspecified atom stereocenters. The van der Waals surface area contributed by atoms with Crippen LogP contribution in [0.4, 0.5) is 0 Å². The molecule has 90 valence electrons. The fourth-order valence-electron chi connectivity index (χ4n) is 2.21. The molecular weight excluding hydrogens is 395 g/mol. The number of nitrogens with zero attached hydrogens (tertiary/aromatic N) is 2. The standard InChI is InChI=1S/C12H12BrIN2O/c13-8-4-5-10-9(7-8)12(14)15-16(10)11-3-1-2-6-17-11/h4-5,7,11H,1-3,6H2/t11-/m0/s1. The predicted octanol–water partition coefficient (Wildman–Crippen LogP) is 4.10. The van der Waals surface area contributed by atoms with Gasteiger partial charge in [-0.25, -0.2) is 4.68 Å². The second-order valence-electron chi connectivity index (χ2n) is 4.22. The highest BCUT2D eigenvalue weighted by atomic mass is 127. The number of aromatic nitrogens is 2. The Balaban J connectivity index is 2.10. The van der Waals surface area contributed by atoms with E-state index in [9.17, 15) is 0 Å². The van der Waals surface area contributed by atoms with Crippen molar-refractivity contribution in [2.24, 2.45) is 0 Å². The van der Waals surface area contributed by atoms with Crippen molar-refractivity contribution >= 4 is 49.4 Å². The quantitative estimate of drug-likeness (QED) is 0.666. The topological polar surface area (TPSA) is 27.1 Å². The van der Waals surface area contributed by atoms with Crippen molar-refractivity contribution in [3.8, 4) is 0 Å². The Labute approximate surface area is 122 Å². The molecule has 1 aliphatic heterocycles. The number of hydrogen-bond acceptors (Lipinski definition) is 2. The van der Waals surface area contributed by atoms with Crippen LogP contribution < -0.4 is 0 Å². The monoisotopic (exact) mass is 406 g/mol. The van der Waals surface area contributed by atoms with E-state index in [0.29, 0.717) is 0 Å². The maximum Gasteiger partial charge on any atom is 0.150 e. The minimum Gasteiger partial charge on any atom is -0.356 e. The van der Waals surface area contributed by atoms with Gasteiger partial charge in [0.15, 0.2) is 6.23 Å². The molecule has 1 aromatic carbocycles. The van der Waals surface area contributed by atoms with Crippen LogP contribution in [0.15, 0.2) is 22.7 Å².